The van der Waals surface area contributed by atoms with Crippen LogP contribution in [-0.2, 0) is 25.2 Å². The van der Waals surface area contributed by atoms with Gasteiger partial charge in [-0.2, -0.15) is 0 Å². The second-order valence-electron chi connectivity index (χ2n) is 10.8. The maximum Gasteiger partial charge on any atom is 0.335 e. The molecule has 1 N–H and O–H groups in total. The third-order valence-electron chi connectivity index (χ3n) is 9.15. The normalized spacial score (nSPS) is 27.9. The fourth-order valence-corrected chi connectivity index (χ4v) is 7.69. The second-order valence-corrected chi connectivity index (χ2v) is 10.8. The van der Waals surface area contributed by atoms with Crippen molar-refractivity contribution < 1.29 is 24.3 Å². The Morgan fingerprint density at radius 1 is 0.757 bits per heavy atom. The Labute approximate surface area is 212 Å². The quantitative estimate of drug-likeness (QED) is 0.319. The molecule has 0 spiro atoms. The number of rotatable bonds is 2. The summed E-state index contributed by atoms with van der Waals surface area (Å²) in [6, 6.07) is 20.3. The molecule has 4 aromatic carbocycles. The minimum Gasteiger partial charge on any atom is -0.478 e. The third-order valence-corrected chi connectivity index (χ3v) is 9.15. The van der Waals surface area contributed by atoms with Gasteiger partial charge in [-0.3, -0.25) is 14.4 Å². The second kappa shape index (κ2) is 6.71. The van der Waals surface area contributed by atoms with Crippen LogP contribution in [0.5, 0.6) is 0 Å². The number of amides is 2. The van der Waals surface area contributed by atoms with E-state index in [4.69, 9.17) is 0 Å². The van der Waals surface area contributed by atoms with Crippen LogP contribution in [0.2, 0.25) is 0 Å². The molecule has 1 saturated carbocycles. The van der Waals surface area contributed by atoms with Crippen molar-refractivity contribution in [3.63, 3.8) is 0 Å². The van der Waals surface area contributed by atoms with E-state index in [1.807, 2.05) is 62.4 Å². The zero-order valence-corrected chi connectivity index (χ0v) is 20.5. The molecule has 4 aromatic rings. The lowest BCUT2D eigenvalue weighted by molar-refractivity contribution is -0.131. The van der Waals surface area contributed by atoms with Crippen molar-refractivity contribution in [3.8, 4) is 0 Å². The van der Waals surface area contributed by atoms with E-state index < -0.39 is 40.4 Å². The lowest BCUT2D eigenvalue weighted by Crippen LogP contribution is -2.42. The van der Waals surface area contributed by atoms with Gasteiger partial charge in [-0.15, -0.1) is 0 Å². The van der Waals surface area contributed by atoms with E-state index in [1.54, 1.807) is 6.92 Å². The zero-order valence-electron chi connectivity index (χ0n) is 20.5. The van der Waals surface area contributed by atoms with Gasteiger partial charge in [-0.05, 0) is 77.2 Å². The number of carbonyl (C=O) groups is 4. The van der Waals surface area contributed by atoms with E-state index >= 15 is 0 Å². The number of nitrogens with zero attached hydrogens (tertiary/aromatic N) is 1. The van der Waals surface area contributed by atoms with Crippen molar-refractivity contribution in [1.82, 2.24) is 0 Å². The number of carbonyl (C=O) groups excluding carboxylic acids is 3. The van der Waals surface area contributed by atoms with E-state index in [0.717, 1.165) is 32.7 Å². The number of Topliss-reactive ketones (excluding diaryl/α,β-unsaturated/α-hetero) is 1. The van der Waals surface area contributed by atoms with Crippen LogP contribution in [0.1, 0.15) is 40.9 Å². The highest BCUT2D eigenvalue weighted by atomic mass is 16.4. The van der Waals surface area contributed by atoms with Gasteiger partial charge in [0.15, 0.2) is 5.78 Å². The van der Waals surface area contributed by atoms with Crippen molar-refractivity contribution in [2.45, 2.75) is 31.6 Å². The highest BCUT2D eigenvalue weighted by Crippen LogP contribution is 2.68. The van der Waals surface area contributed by atoms with Crippen LogP contribution >= 0.6 is 0 Å². The summed E-state index contributed by atoms with van der Waals surface area (Å²) in [5.41, 5.74) is 0.369. The summed E-state index contributed by atoms with van der Waals surface area (Å²) in [5.74, 6) is -3.61. The zero-order chi connectivity index (χ0) is 26.0. The highest BCUT2D eigenvalue weighted by molar-refractivity contribution is 6.32. The smallest absolute Gasteiger partial charge is 0.335 e. The molecule has 37 heavy (non-hydrogen) atoms. The van der Waals surface area contributed by atoms with Crippen LogP contribution in [-0.4, -0.2) is 28.7 Å². The summed E-state index contributed by atoms with van der Waals surface area (Å²) >= 11 is 0. The first-order valence-electron chi connectivity index (χ1n) is 12.3. The molecule has 6 nitrogen and oxygen atoms in total. The molecule has 0 radical (unpaired) electrons. The van der Waals surface area contributed by atoms with E-state index in [0.29, 0.717) is 11.3 Å². The topological polar surface area (TPSA) is 91.8 Å². The molecule has 2 amide bonds. The first-order chi connectivity index (χ1) is 17.6. The van der Waals surface area contributed by atoms with Gasteiger partial charge in [0.05, 0.1) is 33.9 Å². The monoisotopic (exact) mass is 489 g/mol. The molecule has 7 rings (SSSR count). The van der Waals surface area contributed by atoms with E-state index in [-0.39, 0.29) is 11.3 Å². The van der Waals surface area contributed by atoms with Crippen molar-refractivity contribution >= 4 is 50.8 Å². The number of carboxylic acid groups (broad SMARTS) is 1. The molecule has 2 fully saturated rings. The molecule has 2 aliphatic carbocycles. The summed E-state index contributed by atoms with van der Waals surface area (Å²) in [6.07, 6.45) is 0. The summed E-state index contributed by atoms with van der Waals surface area (Å²) in [7, 11) is 0. The van der Waals surface area contributed by atoms with Crippen LogP contribution in [0.15, 0.2) is 66.7 Å². The molecular weight excluding hydrogens is 466 g/mol. The number of aromatic carboxylic acids is 1. The van der Waals surface area contributed by atoms with E-state index in [9.17, 15) is 24.3 Å². The Morgan fingerprint density at radius 3 is 1.65 bits per heavy atom. The summed E-state index contributed by atoms with van der Waals surface area (Å²) in [4.78, 5) is 55.1. The van der Waals surface area contributed by atoms with Crippen molar-refractivity contribution in [1.29, 1.82) is 0 Å². The van der Waals surface area contributed by atoms with Gasteiger partial charge in [0, 0.05) is 0 Å². The first kappa shape index (κ1) is 21.9. The van der Waals surface area contributed by atoms with Crippen LogP contribution in [0.3, 0.4) is 0 Å². The van der Waals surface area contributed by atoms with Gasteiger partial charge in [0.2, 0.25) is 11.8 Å². The molecule has 1 aliphatic heterocycles. The number of hydrogen-bond acceptors (Lipinski definition) is 4. The van der Waals surface area contributed by atoms with E-state index in [1.165, 1.54) is 23.1 Å². The number of benzene rings is 4. The van der Waals surface area contributed by atoms with Crippen LogP contribution in [0, 0.1) is 18.8 Å². The number of carboxylic acids is 1. The van der Waals surface area contributed by atoms with Crippen molar-refractivity contribution in [3.05, 3.63) is 89.0 Å². The van der Waals surface area contributed by atoms with Gasteiger partial charge >= 0.3 is 5.97 Å². The summed E-state index contributed by atoms with van der Waals surface area (Å²) in [5, 5.41) is 13.3. The summed E-state index contributed by atoms with van der Waals surface area (Å²) in [6.45, 7) is 5.36. The standard InChI is InChI=1S/C31H23NO5/c1-15-14-16(28(35)36)12-13-21(15)32-26(33)24-25(27(32)34)31(3)23-20-11-7-5-9-18(20)17-8-4-6-10-19(17)22(23)30(24,2)29(31)37/h4-14,24-25H,1-3H3,(H,35,36)/t24-,25+,30+,31-. The fraction of sp³-hybridized carbons (Fsp3) is 0.226. The predicted octanol–water partition coefficient (Wildman–Crippen LogP) is 4.92. The van der Waals surface area contributed by atoms with Crippen LogP contribution < -0.4 is 4.90 Å². The minimum atomic E-state index is -1.16. The molecule has 3 aliphatic rings. The van der Waals surface area contributed by atoms with Crippen LogP contribution in [0.4, 0.5) is 5.69 Å². The number of anilines is 1. The Morgan fingerprint density at radius 2 is 1.22 bits per heavy atom. The van der Waals surface area contributed by atoms with Gasteiger partial charge in [-0.1, -0.05) is 48.5 Å². The molecule has 0 aromatic heterocycles. The van der Waals surface area contributed by atoms with Crippen molar-refractivity contribution in [2.24, 2.45) is 11.8 Å². The van der Waals surface area contributed by atoms with E-state index in [2.05, 4.69) is 0 Å². The van der Waals surface area contributed by atoms with Crippen LogP contribution in [0.25, 0.3) is 21.5 Å². The number of aryl methyl sites for hydroxylation is 1. The SMILES string of the molecule is Cc1cc(C(=O)O)ccc1N1C(=O)[C@@H]2[C@H](C1=O)[C@@]1(C)C(=O)[C@]2(C)c2c1c1ccccc1c1ccccc21. The van der Waals surface area contributed by atoms with Gasteiger partial charge in [-0.25, -0.2) is 9.69 Å². The maximum atomic E-state index is 14.3. The summed E-state index contributed by atoms with van der Waals surface area (Å²) < 4.78 is 0. The average molecular weight is 490 g/mol. The molecule has 4 atom stereocenters. The fourth-order valence-electron chi connectivity index (χ4n) is 7.69. The lowest BCUT2D eigenvalue weighted by atomic mass is 9.63. The molecule has 1 saturated heterocycles. The number of ketones is 1. The Hall–Kier alpha value is -4.32. The largest absolute Gasteiger partial charge is 0.478 e. The average Bonchev–Trinajstić information content (AvgIpc) is 3.34. The minimum absolute atomic E-state index is 0.0780. The lowest BCUT2D eigenvalue weighted by Gasteiger charge is -2.35. The van der Waals surface area contributed by atoms with Gasteiger partial charge < -0.3 is 5.11 Å². The molecule has 6 heteroatoms. The predicted molar refractivity (Wildman–Crippen MR) is 139 cm³/mol. The van der Waals surface area contributed by atoms with Gasteiger partial charge in [0.25, 0.3) is 0 Å². The molecule has 1 heterocycles. The Bertz CT molecular complexity index is 1690. The maximum absolute atomic E-state index is 14.3. The third kappa shape index (κ3) is 2.28. The molecule has 182 valence electrons. The number of fused-ring (bicyclic) bond motifs is 13. The van der Waals surface area contributed by atoms with Crippen molar-refractivity contribution in [2.75, 3.05) is 4.90 Å². The molecule has 2 bridgehead atoms. The Kier molecular flexibility index (Phi) is 3.97. The number of hydrogen-bond donors (Lipinski definition) is 1. The van der Waals surface area contributed by atoms with Gasteiger partial charge in [0.1, 0.15) is 0 Å². The molecular formula is C31H23NO5. The Balaban J connectivity index is 1.52. The first-order valence-corrected chi connectivity index (χ1v) is 12.3. The number of imide groups is 1. The molecule has 0 unspecified atom stereocenters. The highest BCUT2D eigenvalue weighted by Gasteiger charge is 2.78.